The molecule has 1 atom stereocenters. The molecule has 6 nitrogen and oxygen atoms in total. The van der Waals surface area contributed by atoms with E-state index in [1.807, 2.05) is 0 Å². The maximum Gasteiger partial charge on any atom is 0.325 e. The number of fused-ring (bicyclic) bond motifs is 1. The van der Waals surface area contributed by atoms with E-state index in [1.165, 1.54) is 0 Å². The first-order valence-electron chi connectivity index (χ1n) is 7.86. The Morgan fingerprint density at radius 2 is 1.88 bits per heavy atom. The second kappa shape index (κ2) is 6.07. The third kappa shape index (κ3) is 2.66. The fraction of sp³-hybridized carbons (Fsp3) is 0.222. The minimum absolute atomic E-state index is 0.113. The number of hydrogen-bond acceptors (Lipinski definition) is 4. The number of benzene rings is 2. The van der Waals surface area contributed by atoms with Gasteiger partial charge in [-0.3, -0.25) is 9.69 Å². The highest BCUT2D eigenvalue weighted by molar-refractivity contribution is 6.35. The Morgan fingerprint density at radius 3 is 2.65 bits per heavy atom. The molecule has 2 aromatic rings. The van der Waals surface area contributed by atoms with Gasteiger partial charge in [-0.25, -0.2) is 4.79 Å². The van der Waals surface area contributed by atoms with Gasteiger partial charge in [0.2, 0.25) is 6.79 Å². The van der Waals surface area contributed by atoms with E-state index in [0.717, 1.165) is 10.5 Å². The summed E-state index contributed by atoms with van der Waals surface area (Å²) in [7, 11) is 0. The molecule has 1 fully saturated rings. The number of imide groups is 1. The van der Waals surface area contributed by atoms with Crippen molar-refractivity contribution in [2.45, 2.75) is 19.0 Å². The molecule has 2 aliphatic rings. The zero-order chi connectivity index (χ0) is 18.5. The summed E-state index contributed by atoms with van der Waals surface area (Å²) in [5, 5.41) is 3.51. The molecular weight excluding hydrogens is 379 g/mol. The molecule has 2 aliphatic heterocycles. The molecule has 1 saturated heterocycles. The Morgan fingerprint density at radius 1 is 1.12 bits per heavy atom. The molecule has 4 rings (SSSR count). The number of carbonyl (C=O) groups is 2. The van der Waals surface area contributed by atoms with Crippen LogP contribution in [-0.2, 0) is 16.9 Å². The monoisotopic (exact) mass is 392 g/mol. The van der Waals surface area contributed by atoms with Gasteiger partial charge in [-0.05, 0) is 36.8 Å². The Balaban J connectivity index is 1.63. The molecule has 0 bridgehead atoms. The van der Waals surface area contributed by atoms with E-state index in [9.17, 15) is 9.59 Å². The van der Waals surface area contributed by atoms with Gasteiger partial charge >= 0.3 is 6.03 Å². The minimum Gasteiger partial charge on any atom is -0.454 e. The lowest BCUT2D eigenvalue weighted by Gasteiger charge is -2.23. The van der Waals surface area contributed by atoms with E-state index >= 15 is 0 Å². The molecular formula is C18H14Cl2N2O4. The van der Waals surface area contributed by atoms with Gasteiger partial charge < -0.3 is 14.8 Å². The van der Waals surface area contributed by atoms with Crippen molar-refractivity contribution in [3.8, 4) is 11.5 Å². The molecule has 2 aromatic carbocycles. The van der Waals surface area contributed by atoms with Gasteiger partial charge in [0.25, 0.3) is 5.91 Å². The average Bonchev–Trinajstić information content (AvgIpc) is 3.13. The molecule has 0 aromatic heterocycles. The van der Waals surface area contributed by atoms with E-state index in [1.54, 1.807) is 43.3 Å². The lowest BCUT2D eigenvalue weighted by Crippen LogP contribution is -2.41. The highest BCUT2D eigenvalue weighted by atomic mass is 35.5. The molecule has 0 unspecified atom stereocenters. The van der Waals surface area contributed by atoms with E-state index in [4.69, 9.17) is 32.7 Å². The highest BCUT2D eigenvalue weighted by Gasteiger charge is 2.49. The summed E-state index contributed by atoms with van der Waals surface area (Å²) < 4.78 is 10.6. The van der Waals surface area contributed by atoms with Crippen LogP contribution < -0.4 is 14.8 Å². The topological polar surface area (TPSA) is 67.9 Å². The smallest absolute Gasteiger partial charge is 0.325 e. The number of hydrogen-bond donors (Lipinski definition) is 1. The van der Waals surface area contributed by atoms with Crippen molar-refractivity contribution in [2.75, 3.05) is 6.79 Å². The minimum atomic E-state index is -1.25. The van der Waals surface area contributed by atoms with Crippen molar-refractivity contribution in [3.05, 3.63) is 57.6 Å². The molecule has 1 N–H and O–H groups in total. The van der Waals surface area contributed by atoms with Gasteiger partial charge in [-0.15, -0.1) is 0 Å². The largest absolute Gasteiger partial charge is 0.454 e. The number of nitrogens with one attached hydrogen (secondary N) is 1. The lowest BCUT2D eigenvalue weighted by molar-refractivity contribution is -0.131. The zero-order valence-electron chi connectivity index (χ0n) is 13.7. The predicted molar refractivity (Wildman–Crippen MR) is 95.5 cm³/mol. The predicted octanol–water partition coefficient (Wildman–Crippen LogP) is 3.69. The molecule has 0 aliphatic carbocycles. The number of ether oxygens (including phenoxy) is 2. The van der Waals surface area contributed by atoms with Crippen molar-refractivity contribution in [1.82, 2.24) is 10.2 Å². The van der Waals surface area contributed by atoms with Crippen LogP contribution in [0.4, 0.5) is 4.79 Å². The van der Waals surface area contributed by atoms with Crippen LogP contribution in [0.3, 0.4) is 0 Å². The third-order valence-corrected chi connectivity index (χ3v) is 5.07. The summed E-state index contributed by atoms with van der Waals surface area (Å²) >= 11 is 12.2. The summed E-state index contributed by atoms with van der Waals surface area (Å²) in [6.07, 6.45) is 0. The number of carbonyl (C=O) groups excluding carboxylic acids is 2. The van der Waals surface area contributed by atoms with Gasteiger partial charge in [0.05, 0.1) is 6.54 Å². The quantitative estimate of drug-likeness (QED) is 0.808. The van der Waals surface area contributed by atoms with E-state index in [0.29, 0.717) is 27.1 Å². The van der Waals surface area contributed by atoms with Crippen molar-refractivity contribution >= 4 is 35.1 Å². The van der Waals surface area contributed by atoms with Crippen molar-refractivity contribution in [2.24, 2.45) is 0 Å². The molecule has 0 saturated carbocycles. The highest BCUT2D eigenvalue weighted by Crippen LogP contribution is 2.37. The van der Waals surface area contributed by atoms with Crippen LogP contribution in [0.2, 0.25) is 10.0 Å². The second-order valence-electron chi connectivity index (χ2n) is 6.26. The van der Waals surface area contributed by atoms with E-state index in [2.05, 4.69) is 5.32 Å². The first-order valence-corrected chi connectivity index (χ1v) is 8.62. The summed E-state index contributed by atoms with van der Waals surface area (Å²) in [4.78, 5) is 26.6. The molecule has 134 valence electrons. The average molecular weight is 393 g/mol. The van der Waals surface area contributed by atoms with Crippen LogP contribution in [0.1, 0.15) is 18.1 Å². The van der Waals surface area contributed by atoms with Crippen LogP contribution in [0.25, 0.3) is 0 Å². The Hall–Kier alpha value is -2.44. The van der Waals surface area contributed by atoms with Gasteiger partial charge in [-0.1, -0.05) is 35.3 Å². The fourth-order valence-corrected chi connectivity index (χ4v) is 3.74. The Labute approximate surface area is 159 Å². The second-order valence-corrected chi connectivity index (χ2v) is 7.10. The van der Waals surface area contributed by atoms with Crippen molar-refractivity contribution < 1.29 is 19.1 Å². The third-order valence-electron chi connectivity index (χ3n) is 4.52. The Kier molecular flexibility index (Phi) is 3.97. The molecule has 0 spiro atoms. The first-order chi connectivity index (χ1) is 12.4. The first kappa shape index (κ1) is 17.0. The maximum atomic E-state index is 13.0. The summed E-state index contributed by atoms with van der Waals surface area (Å²) in [5.74, 6) is 0.853. The number of amides is 3. The van der Waals surface area contributed by atoms with Crippen LogP contribution >= 0.6 is 23.2 Å². The SMILES string of the molecule is C[C@@]1(c2ccc(Cl)cc2Cl)NC(=O)N(Cc2ccc3c(c2)OCO3)C1=O. The molecule has 3 amide bonds. The standard InChI is InChI=1S/C18H14Cl2N2O4/c1-18(12-4-3-11(19)7-13(12)20)16(23)22(17(24)21-18)8-10-2-5-14-15(6-10)26-9-25-14/h2-7H,8-9H2,1H3,(H,21,24)/t18-/m0/s1. The Bertz CT molecular complexity index is 933. The van der Waals surface area contributed by atoms with Crippen LogP contribution in [-0.4, -0.2) is 23.6 Å². The summed E-state index contributed by atoms with van der Waals surface area (Å²) in [6.45, 7) is 1.90. The van der Waals surface area contributed by atoms with E-state index in [-0.39, 0.29) is 19.2 Å². The summed E-state index contributed by atoms with van der Waals surface area (Å²) in [6, 6.07) is 9.64. The number of halogens is 2. The number of nitrogens with zero attached hydrogens (tertiary/aromatic N) is 1. The zero-order valence-corrected chi connectivity index (χ0v) is 15.2. The van der Waals surface area contributed by atoms with Crippen LogP contribution in [0.15, 0.2) is 36.4 Å². The molecule has 2 heterocycles. The van der Waals surface area contributed by atoms with Crippen molar-refractivity contribution in [3.63, 3.8) is 0 Å². The maximum absolute atomic E-state index is 13.0. The van der Waals surface area contributed by atoms with Gasteiger partial charge in [-0.2, -0.15) is 0 Å². The number of urea groups is 1. The van der Waals surface area contributed by atoms with Crippen molar-refractivity contribution in [1.29, 1.82) is 0 Å². The fourth-order valence-electron chi connectivity index (χ4n) is 3.14. The van der Waals surface area contributed by atoms with E-state index < -0.39 is 11.6 Å². The normalized spacial score (nSPS) is 21.3. The van der Waals surface area contributed by atoms with Crippen LogP contribution in [0.5, 0.6) is 11.5 Å². The molecule has 8 heteroatoms. The summed E-state index contributed by atoms with van der Waals surface area (Å²) in [5.41, 5.74) is -0.00551. The van der Waals surface area contributed by atoms with Gasteiger partial charge in [0, 0.05) is 15.6 Å². The molecule has 26 heavy (non-hydrogen) atoms. The van der Waals surface area contributed by atoms with Crippen LogP contribution in [0, 0.1) is 0 Å². The van der Waals surface area contributed by atoms with Gasteiger partial charge in [0.15, 0.2) is 11.5 Å². The lowest BCUT2D eigenvalue weighted by atomic mass is 9.92. The van der Waals surface area contributed by atoms with Gasteiger partial charge in [0.1, 0.15) is 5.54 Å². The molecule has 0 radical (unpaired) electrons. The number of rotatable bonds is 3.